The predicted octanol–water partition coefficient (Wildman–Crippen LogP) is -2.00. The summed E-state index contributed by atoms with van der Waals surface area (Å²) in [5.74, 6) is 0. The molecule has 0 saturated heterocycles. The van der Waals surface area contributed by atoms with E-state index in [0.29, 0.717) is 0 Å². The zero-order chi connectivity index (χ0) is 9.54. The van der Waals surface area contributed by atoms with Gasteiger partial charge in [0.15, 0.2) is 11.9 Å². The van der Waals surface area contributed by atoms with E-state index in [1.807, 2.05) is 6.20 Å². The van der Waals surface area contributed by atoms with E-state index < -0.39 is 0 Å². The van der Waals surface area contributed by atoms with Gasteiger partial charge in [-0.05, 0) is 18.1 Å². The Hall–Kier alpha value is -0.910. The Balaban J connectivity index is 0.000000853. The lowest BCUT2D eigenvalue weighted by Crippen LogP contribution is -3.00. The number of fused-ring (bicyclic) bond motifs is 3. The van der Waals surface area contributed by atoms with Crippen LogP contribution in [0.15, 0.2) is 24.5 Å². The lowest BCUT2D eigenvalue weighted by Gasteiger charge is -2.12. The van der Waals surface area contributed by atoms with Gasteiger partial charge < -0.3 is 24.0 Å². The van der Waals surface area contributed by atoms with Gasteiger partial charge in [-0.1, -0.05) is 0 Å². The van der Waals surface area contributed by atoms with Crippen molar-refractivity contribution in [1.82, 2.24) is 10.2 Å². The summed E-state index contributed by atoms with van der Waals surface area (Å²) in [7, 11) is 2.10. The fourth-order valence-corrected chi connectivity index (χ4v) is 2.17. The Morgan fingerprint density at radius 3 is 3.13 bits per heavy atom. The van der Waals surface area contributed by atoms with Crippen molar-refractivity contribution in [1.29, 1.82) is 0 Å². The minimum atomic E-state index is 0. The Morgan fingerprint density at radius 1 is 1.40 bits per heavy atom. The number of rotatable bonds is 0. The number of aromatic nitrogens is 3. The van der Waals surface area contributed by atoms with Gasteiger partial charge >= 0.3 is 0 Å². The Labute approximate surface area is 106 Å². The van der Waals surface area contributed by atoms with E-state index in [1.54, 1.807) is 0 Å². The first-order valence-electron chi connectivity index (χ1n) is 4.86. The van der Waals surface area contributed by atoms with Gasteiger partial charge in [-0.3, -0.25) is 5.10 Å². The Bertz CT molecular complexity index is 490. The lowest BCUT2D eigenvalue weighted by atomic mass is 9.94. The highest BCUT2D eigenvalue weighted by molar-refractivity contribution is 5.66. The molecule has 3 rings (SSSR count). The molecule has 3 nitrogen and oxygen atoms in total. The van der Waals surface area contributed by atoms with Crippen molar-refractivity contribution in [3.05, 3.63) is 35.8 Å². The number of pyridine rings is 1. The zero-order valence-corrected chi connectivity index (χ0v) is 10.7. The molecule has 0 spiro atoms. The molecule has 0 aliphatic heterocycles. The van der Waals surface area contributed by atoms with Crippen molar-refractivity contribution in [2.45, 2.75) is 12.8 Å². The van der Waals surface area contributed by atoms with E-state index in [0.717, 1.165) is 12.8 Å². The smallest absolute Gasteiger partial charge is 0.190 e. The maximum Gasteiger partial charge on any atom is 0.190 e. The molecule has 1 aliphatic carbocycles. The molecule has 2 aromatic heterocycles. The van der Waals surface area contributed by atoms with E-state index in [9.17, 15) is 0 Å². The van der Waals surface area contributed by atoms with E-state index >= 15 is 0 Å². The third-order valence-corrected chi connectivity index (χ3v) is 2.93. The normalized spacial score (nSPS) is 12.6. The van der Waals surface area contributed by atoms with Gasteiger partial charge in [0.1, 0.15) is 7.05 Å². The summed E-state index contributed by atoms with van der Waals surface area (Å²) in [4.78, 5) is 0. The third kappa shape index (κ3) is 1.56. The van der Waals surface area contributed by atoms with Gasteiger partial charge in [0.25, 0.3) is 0 Å². The summed E-state index contributed by atoms with van der Waals surface area (Å²) in [6.45, 7) is 0. The summed E-state index contributed by atoms with van der Waals surface area (Å²) < 4.78 is 2.19. The van der Waals surface area contributed by atoms with E-state index in [2.05, 4.69) is 40.1 Å². The fraction of sp³-hybridized carbons (Fsp3) is 0.273. The highest BCUT2D eigenvalue weighted by atomic mass is 127. The van der Waals surface area contributed by atoms with Gasteiger partial charge in [0.05, 0.1) is 17.5 Å². The van der Waals surface area contributed by atoms with Crippen molar-refractivity contribution in [3.8, 4) is 11.3 Å². The summed E-state index contributed by atoms with van der Waals surface area (Å²) in [5.41, 5.74) is 5.23. The van der Waals surface area contributed by atoms with Gasteiger partial charge in [-0.2, -0.15) is 5.10 Å². The lowest BCUT2D eigenvalue weighted by molar-refractivity contribution is -0.678. The monoisotopic (exact) mass is 313 g/mol. The maximum atomic E-state index is 4.10. The predicted molar refractivity (Wildman–Crippen MR) is 52.6 cm³/mol. The van der Waals surface area contributed by atoms with Crippen LogP contribution >= 0.6 is 0 Å². The SMILES string of the molecule is C[n+]1cccc2c1CCc1cn[nH]c1-2.[I-]. The van der Waals surface area contributed by atoms with Crippen LogP contribution in [-0.2, 0) is 19.9 Å². The second kappa shape index (κ2) is 3.92. The summed E-state index contributed by atoms with van der Waals surface area (Å²) in [6.07, 6.45) is 6.24. The van der Waals surface area contributed by atoms with Crippen molar-refractivity contribution in [3.63, 3.8) is 0 Å². The Kier molecular flexibility index (Phi) is 2.77. The largest absolute Gasteiger partial charge is 1.00 e. The molecule has 0 amide bonds. The van der Waals surface area contributed by atoms with Crippen molar-refractivity contribution in [2.75, 3.05) is 0 Å². The molecule has 0 radical (unpaired) electrons. The number of nitrogens with one attached hydrogen (secondary N) is 1. The summed E-state index contributed by atoms with van der Waals surface area (Å²) in [6, 6.07) is 4.24. The second-order valence-electron chi connectivity index (χ2n) is 3.75. The maximum absolute atomic E-state index is 4.10. The van der Waals surface area contributed by atoms with Gasteiger partial charge in [-0.15, -0.1) is 0 Å². The van der Waals surface area contributed by atoms with E-state index in [-0.39, 0.29) is 24.0 Å². The standard InChI is InChI=1S/C11H12N3.HI/c1-14-6-2-3-9-10(14)5-4-8-7-12-13-11(8)9;/h2-3,6-7H,4-5H2,1H3,(H,12,13);1H/q+1;/p-1. The molecule has 0 unspecified atom stereocenters. The van der Waals surface area contributed by atoms with Crippen LogP contribution in [0.2, 0.25) is 0 Å². The van der Waals surface area contributed by atoms with Crippen LogP contribution in [0.3, 0.4) is 0 Å². The van der Waals surface area contributed by atoms with Gasteiger partial charge in [0.2, 0.25) is 0 Å². The number of halogens is 1. The highest BCUT2D eigenvalue weighted by Gasteiger charge is 2.23. The van der Waals surface area contributed by atoms with Crippen LogP contribution in [0.1, 0.15) is 11.3 Å². The van der Waals surface area contributed by atoms with Crippen molar-refractivity contribution < 1.29 is 28.5 Å². The first kappa shape index (κ1) is 10.6. The molecular weight excluding hydrogens is 301 g/mol. The molecule has 0 fully saturated rings. The van der Waals surface area contributed by atoms with Crippen LogP contribution < -0.4 is 28.5 Å². The van der Waals surface area contributed by atoms with Crippen LogP contribution in [0.4, 0.5) is 0 Å². The highest BCUT2D eigenvalue weighted by Crippen LogP contribution is 2.28. The Morgan fingerprint density at radius 2 is 2.27 bits per heavy atom. The molecule has 2 aromatic rings. The van der Waals surface area contributed by atoms with Gasteiger partial charge in [0, 0.05) is 12.5 Å². The minimum absolute atomic E-state index is 0. The molecular formula is C11H12IN3. The molecule has 0 aromatic carbocycles. The molecule has 78 valence electrons. The first-order valence-corrected chi connectivity index (χ1v) is 4.86. The quantitative estimate of drug-likeness (QED) is 0.443. The second-order valence-corrected chi connectivity index (χ2v) is 3.75. The number of aryl methyl sites for hydroxylation is 2. The molecule has 0 atom stereocenters. The molecule has 1 aliphatic rings. The first-order chi connectivity index (χ1) is 6.86. The summed E-state index contributed by atoms with van der Waals surface area (Å²) >= 11 is 0. The third-order valence-electron chi connectivity index (χ3n) is 2.93. The number of hydrogen-bond donors (Lipinski definition) is 1. The minimum Gasteiger partial charge on any atom is -1.00 e. The number of H-pyrrole nitrogens is 1. The van der Waals surface area contributed by atoms with Crippen LogP contribution in [0, 0.1) is 0 Å². The van der Waals surface area contributed by atoms with Gasteiger partial charge in [-0.25, -0.2) is 4.57 Å². The zero-order valence-electron chi connectivity index (χ0n) is 8.50. The van der Waals surface area contributed by atoms with Crippen LogP contribution in [-0.4, -0.2) is 10.2 Å². The average Bonchev–Trinajstić information content (AvgIpc) is 2.66. The van der Waals surface area contributed by atoms with E-state index in [1.165, 1.54) is 22.5 Å². The molecule has 15 heavy (non-hydrogen) atoms. The van der Waals surface area contributed by atoms with Crippen LogP contribution in [0.5, 0.6) is 0 Å². The fourth-order valence-electron chi connectivity index (χ4n) is 2.17. The number of aromatic amines is 1. The number of nitrogens with zero attached hydrogens (tertiary/aromatic N) is 2. The molecule has 0 bridgehead atoms. The topological polar surface area (TPSA) is 32.6 Å². The number of hydrogen-bond acceptors (Lipinski definition) is 1. The molecule has 2 heterocycles. The molecule has 0 saturated carbocycles. The van der Waals surface area contributed by atoms with Crippen molar-refractivity contribution in [2.24, 2.45) is 7.05 Å². The molecule has 1 N–H and O–H groups in total. The van der Waals surface area contributed by atoms with Crippen molar-refractivity contribution >= 4 is 0 Å². The molecule has 4 heteroatoms. The average molecular weight is 313 g/mol. The van der Waals surface area contributed by atoms with E-state index in [4.69, 9.17) is 0 Å². The van der Waals surface area contributed by atoms with Crippen LogP contribution in [0.25, 0.3) is 11.3 Å². The summed E-state index contributed by atoms with van der Waals surface area (Å²) in [5, 5.41) is 7.18.